The van der Waals surface area contributed by atoms with E-state index in [9.17, 15) is 8.78 Å². The Balaban J connectivity index is 3.21. The molecule has 0 radical (unpaired) electrons. The molecule has 2 nitrogen and oxygen atoms in total. The number of aromatic nitrogens is 1. The molecule has 0 unspecified atom stereocenters. The molecule has 11 heavy (non-hydrogen) atoms. The molecular formula is C6H5F2IN2. The first-order valence-corrected chi connectivity index (χ1v) is 3.92. The van der Waals surface area contributed by atoms with Crippen molar-refractivity contribution < 1.29 is 8.78 Å². The molecule has 0 saturated carbocycles. The second-order valence-electron chi connectivity index (χ2n) is 1.84. The van der Waals surface area contributed by atoms with Gasteiger partial charge >= 0.3 is 0 Å². The minimum absolute atomic E-state index is 0.351. The lowest BCUT2D eigenvalue weighted by Gasteiger charge is -2.01. The van der Waals surface area contributed by atoms with Crippen molar-refractivity contribution in [1.82, 2.24) is 4.98 Å². The predicted molar refractivity (Wildman–Crippen MR) is 46.4 cm³/mol. The lowest BCUT2D eigenvalue weighted by molar-refractivity contribution is 0.479. The van der Waals surface area contributed by atoms with Crippen molar-refractivity contribution in [3.8, 4) is 0 Å². The molecule has 0 saturated heterocycles. The standard InChI is InChI=1S/C6H5F2IN2/c1-10-6-4(9)2-3(7)5(8)11-6/h2H,1H3,(H,10,11). The van der Waals surface area contributed by atoms with Gasteiger partial charge in [0, 0.05) is 7.05 Å². The lowest BCUT2D eigenvalue weighted by Crippen LogP contribution is -1.99. The Morgan fingerprint density at radius 1 is 1.55 bits per heavy atom. The fourth-order valence-corrected chi connectivity index (χ4v) is 1.28. The average molecular weight is 270 g/mol. The number of hydrogen-bond donors (Lipinski definition) is 1. The van der Waals surface area contributed by atoms with Gasteiger partial charge in [-0.05, 0) is 28.7 Å². The predicted octanol–water partition coefficient (Wildman–Crippen LogP) is 2.01. The van der Waals surface area contributed by atoms with Crippen molar-refractivity contribution in [3.63, 3.8) is 0 Å². The Labute approximate surface area is 76.2 Å². The summed E-state index contributed by atoms with van der Waals surface area (Å²) < 4.78 is 25.4. The number of pyridine rings is 1. The molecule has 0 aliphatic heterocycles. The Bertz CT molecular complexity index is 278. The maximum absolute atomic E-state index is 12.4. The van der Waals surface area contributed by atoms with E-state index in [4.69, 9.17) is 0 Å². The molecule has 0 amide bonds. The molecule has 0 bridgehead atoms. The van der Waals surface area contributed by atoms with E-state index in [1.54, 1.807) is 7.05 Å². The van der Waals surface area contributed by atoms with Gasteiger partial charge in [0.1, 0.15) is 5.82 Å². The molecule has 5 heteroatoms. The first-order valence-electron chi connectivity index (χ1n) is 2.84. The van der Waals surface area contributed by atoms with E-state index in [-0.39, 0.29) is 0 Å². The van der Waals surface area contributed by atoms with Crippen LogP contribution >= 0.6 is 22.6 Å². The van der Waals surface area contributed by atoms with Gasteiger partial charge in [-0.1, -0.05) is 0 Å². The van der Waals surface area contributed by atoms with Crippen LogP contribution in [0.4, 0.5) is 14.6 Å². The van der Waals surface area contributed by atoms with Gasteiger partial charge in [0.2, 0.25) is 0 Å². The smallest absolute Gasteiger partial charge is 0.250 e. The molecule has 0 spiro atoms. The van der Waals surface area contributed by atoms with E-state index in [0.29, 0.717) is 9.39 Å². The largest absolute Gasteiger partial charge is 0.372 e. The van der Waals surface area contributed by atoms with Crippen LogP contribution in [0, 0.1) is 15.3 Å². The van der Waals surface area contributed by atoms with Crippen molar-refractivity contribution >= 4 is 28.4 Å². The third-order valence-electron chi connectivity index (χ3n) is 1.12. The van der Waals surface area contributed by atoms with Gasteiger partial charge in [-0.3, -0.25) is 0 Å². The van der Waals surface area contributed by atoms with Crippen molar-refractivity contribution in [2.75, 3.05) is 12.4 Å². The Kier molecular flexibility index (Phi) is 2.58. The highest BCUT2D eigenvalue weighted by Gasteiger charge is 2.07. The normalized spacial score (nSPS) is 9.82. The average Bonchev–Trinajstić information content (AvgIpc) is 1.97. The van der Waals surface area contributed by atoms with Crippen LogP contribution in [0.25, 0.3) is 0 Å². The van der Waals surface area contributed by atoms with Gasteiger partial charge in [-0.15, -0.1) is 0 Å². The van der Waals surface area contributed by atoms with E-state index in [0.717, 1.165) is 6.07 Å². The Morgan fingerprint density at radius 3 is 2.73 bits per heavy atom. The fraction of sp³-hybridized carbons (Fsp3) is 0.167. The summed E-state index contributed by atoms with van der Waals surface area (Å²) in [4.78, 5) is 3.33. The van der Waals surface area contributed by atoms with Gasteiger partial charge in [0.05, 0.1) is 3.57 Å². The van der Waals surface area contributed by atoms with Crippen LogP contribution in [0.2, 0.25) is 0 Å². The Morgan fingerprint density at radius 2 is 2.18 bits per heavy atom. The second kappa shape index (κ2) is 3.29. The highest BCUT2D eigenvalue weighted by Crippen LogP contribution is 2.16. The summed E-state index contributed by atoms with van der Waals surface area (Å²) in [6.07, 6.45) is 0. The summed E-state index contributed by atoms with van der Waals surface area (Å²) >= 11 is 1.87. The van der Waals surface area contributed by atoms with Crippen molar-refractivity contribution in [1.29, 1.82) is 0 Å². The molecule has 0 fully saturated rings. The first-order chi connectivity index (χ1) is 5.15. The van der Waals surface area contributed by atoms with Crippen molar-refractivity contribution in [2.45, 2.75) is 0 Å². The van der Waals surface area contributed by atoms with Gasteiger partial charge in [0.15, 0.2) is 5.82 Å². The zero-order valence-electron chi connectivity index (χ0n) is 5.66. The van der Waals surface area contributed by atoms with E-state index in [1.165, 1.54) is 0 Å². The molecule has 1 aromatic rings. The number of nitrogens with one attached hydrogen (secondary N) is 1. The van der Waals surface area contributed by atoms with Gasteiger partial charge < -0.3 is 5.32 Å². The monoisotopic (exact) mass is 270 g/mol. The lowest BCUT2D eigenvalue weighted by atomic mass is 10.4. The summed E-state index contributed by atoms with van der Waals surface area (Å²) in [6.45, 7) is 0. The molecule has 0 aliphatic rings. The van der Waals surface area contributed by atoms with E-state index < -0.39 is 11.8 Å². The fourth-order valence-electron chi connectivity index (χ4n) is 0.619. The molecule has 1 heterocycles. The van der Waals surface area contributed by atoms with E-state index >= 15 is 0 Å². The van der Waals surface area contributed by atoms with E-state index in [2.05, 4.69) is 10.3 Å². The molecular weight excluding hydrogens is 265 g/mol. The topological polar surface area (TPSA) is 24.9 Å². The first kappa shape index (κ1) is 8.63. The van der Waals surface area contributed by atoms with Crippen LogP contribution in [0.15, 0.2) is 6.07 Å². The molecule has 1 rings (SSSR count). The quantitative estimate of drug-likeness (QED) is 0.623. The maximum Gasteiger partial charge on any atom is 0.250 e. The van der Waals surface area contributed by atoms with Crippen molar-refractivity contribution in [3.05, 3.63) is 21.4 Å². The highest BCUT2D eigenvalue weighted by molar-refractivity contribution is 14.1. The minimum Gasteiger partial charge on any atom is -0.372 e. The molecule has 1 aromatic heterocycles. The number of halogens is 3. The third kappa shape index (κ3) is 1.76. The SMILES string of the molecule is CNc1nc(F)c(F)cc1I. The van der Waals surface area contributed by atoms with Gasteiger partial charge in [-0.2, -0.15) is 9.37 Å². The zero-order valence-corrected chi connectivity index (χ0v) is 7.82. The van der Waals surface area contributed by atoms with Crippen LogP contribution in [-0.4, -0.2) is 12.0 Å². The molecule has 0 aliphatic carbocycles. The van der Waals surface area contributed by atoms with Crippen LogP contribution in [0.3, 0.4) is 0 Å². The molecule has 0 atom stereocenters. The van der Waals surface area contributed by atoms with Crippen LogP contribution in [-0.2, 0) is 0 Å². The Hall–Kier alpha value is -0.460. The second-order valence-corrected chi connectivity index (χ2v) is 3.00. The van der Waals surface area contributed by atoms with Gasteiger partial charge in [0.25, 0.3) is 5.95 Å². The highest BCUT2D eigenvalue weighted by atomic mass is 127. The third-order valence-corrected chi connectivity index (χ3v) is 1.95. The van der Waals surface area contributed by atoms with Crippen LogP contribution < -0.4 is 5.32 Å². The van der Waals surface area contributed by atoms with Crippen LogP contribution in [0.1, 0.15) is 0 Å². The molecule has 0 aromatic carbocycles. The molecule has 1 N–H and O–H groups in total. The summed E-state index contributed by atoms with van der Waals surface area (Å²) in [5.41, 5.74) is 0. The van der Waals surface area contributed by atoms with Crippen LogP contribution in [0.5, 0.6) is 0 Å². The van der Waals surface area contributed by atoms with E-state index in [1.807, 2.05) is 22.6 Å². The van der Waals surface area contributed by atoms with Crippen molar-refractivity contribution in [2.24, 2.45) is 0 Å². The zero-order chi connectivity index (χ0) is 8.43. The number of hydrogen-bond acceptors (Lipinski definition) is 2. The summed E-state index contributed by atoms with van der Waals surface area (Å²) in [5, 5.41) is 2.64. The maximum atomic E-state index is 12.4. The van der Waals surface area contributed by atoms with Gasteiger partial charge in [-0.25, -0.2) is 4.39 Å². The summed E-state index contributed by atoms with van der Waals surface area (Å²) in [7, 11) is 1.60. The molecule has 60 valence electrons. The minimum atomic E-state index is -1.07. The summed E-state index contributed by atoms with van der Waals surface area (Å²) in [6, 6.07) is 1.09. The number of rotatable bonds is 1. The number of nitrogens with zero attached hydrogens (tertiary/aromatic N) is 1. The number of anilines is 1. The summed E-state index contributed by atoms with van der Waals surface area (Å²) in [5.74, 6) is -1.65.